The third-order valence-corrected chi connectivity index (χ3v) is 4.66. The summed E-state index contributed by atoms with van der Waals surface area (Å²) in [5.74, 6) is 1.45. The molecule has 0 aromatic carbocycles. The average molecular weight is 264 g/mol. The Morgan fingerprint density at radius 2 is 2.28 bits per heavy atom. The Hall–Kier alpha value is -0.780. The van der Waals surface area contributed by atoms with Crippen molar-refractivity contribution in [3.05, 3.63) is 21.7 Å². The second-order valence-electron chi connectivity index (χ2n) is 5.40. The van der Waals surface area contributed by atoms with Crippen molar-refractivity contribution in [2.45, 2.75) is 50.4 Å². The number of aromatic nitrogens is 2. The monoisotopic (exact) mass is 264 g/mol. The molecule has 0 aliphatic carbocycles. The maximum absolute atomic E-state index is 5.90. The molecule has 3 aliphatic rings. The summed E-state index contributed by atoms with van der Waals surface area (Å²) in [5.41, 5.74) is 2.29. The van der Waals surface area contributed by atoms with Crippen LogP contribution in [-0.2, 0) is 22.5 Å². The van der Waals surface area contributed by atoms with Gasteiger partial charge in [-0.15, -0.1) is 0 Å². The molecule has 2 bridgehead atoms. The number of aromatic amines is 1. The number of fused-ring (bicyclic) bond motifs is 3. The first-order valence-electron chi connectivity index (χ1n) is 6.66. The molecule has 96 valence electrons. The summed E-state index contributed by atoms with van der Waals surface area (Å²) in [7, 11) is 0. The molecule has 18 heavy (non-hydrogen) atoms. The molecule has 3 aliphatic heterocycles. The lowest BCUT2D eigenvalue weighted by Crippen LogP contribution is -2.21. The van der Waals surface area contributed by atoms with Gasteiger partial charge in [-0.05, 0) is 19.3 Å². The Morgan fingerprint density at radius 1 is 1.33 bits per heavy atom. The van der Waals surface area contributed by atoms with Crippen LogP contribution in [0.25, 0.3) is 0 Å². The molecular formula is C13H16N2O2S. The molecule has 4 heterocycles. The molecule has 0 spiro atoms. The second kappa shape index (κ2) is 4.11. The lowest BCUT2D eigenvalue weighted by molar-refractivity contribution is 0.0992. The molecule has 0 radical (unpaired) electrons. The number of hydrogen-bond acceptors (Lipinski definition) is 4. The average Bonchev–Trinajstić information content (AvgIpc) is 3.01. The first-order chi connectivity index (χ1) is 8.81. The van der Waals surface area contributed by atoms with Crippen LogP contribution in [0, 0.1) is 4.64 Å². The Balaban J connectivity index is 1.73. The summed E-state index contributed by atoms with van der Waals surface area (Å²) in [6.07, 6.45) is 5.18. The van der Waals surface area contributed by atoms with Crippen LogP contribution in [0.2, 0.25) is 0 Å². The van der Waals surface area contributed by atoms with Gasteiger partial charge in [-0.1, -0.05) is 12.2 Å². The third-order valence-electron chi connectivity index (χ3n) is 4.32. The maximum atomic E-state index is 5.90. The van der Waals surface area contributed by atoms with Gasteiger partial charge in [0.25, 0.3) is 0 Å². The van der Waals surface area contributed by atoms with E-state index in [4.69, 9.17) is 21.7 Å². The Labute approximate surface area is 111 Å². The quantitative estimate of drug-likeness (QED) is 0.790. The summed E-state index contributed by atoms with van der Waals surface area (Å²) in [5, 5.41) is 0. The largest absolute Gasteiger partial charge is 0.376 e. The zero-order valence-corrected chi connectivity index (χ0v) is 11.0. The van der Waals surface area contributed by atoms with Crippen LogP contribution < -0.4 is 0 Å². The van der Waals surface area contributed by atoms with Gasteiger partial charge in [0.05, 0.1) is 25.4 Å². The predicted molar refractivity (Wildman–Crippen MR) is 68.0 cm³/mol. The van der Waals surface area contributed by atoms with Crippen molar-refractivity contribution >= 4 is 12.2 Å². The standard InChI is InChI=1S/C13H16N2O2S/c18-13-9-6-16-4-3-10(9)14-12(15-13)8-5-7-1-2-11(8)17-7/h7-8,11H,1-6H2,(H,14,15,18). The van der Waals surface area contributed by atoms with E-state index in [1.807, 2.05) is 0 Å². The summed E-state index contributed by atoms with van der Waals surface area (Å²) in [6.45, 7) is 1.38. The minimum absolute atomic E-state index is 0.353. The van der Waals surface area contributed by atoms with Gasteiger partial charge in [0.2, 0.25) is 0 Å². The molecule has 3 atom stereocenters. The number of H-pyrrole nitrogens is 1. The minimum Gasteiger partial charge on any atom is -0.376 e. The van der Waals surface area contributed by atoms with E-state index in [9.17, 15) is 0 Å². The van der Waals surface area contributed by atoms with E-state index in [-0.39, 0.29) is 0 Å². The lowest BCUT2D eigenvalue weighted by Gasteiger charge is -2.22. The van der Waals surface area contributed by atoms with Crippen LogP contribution in [0.4, 0.5) is 0 Å². The van der Waals surface area contributed by atoms with Crippen LogP contribution in [0.5, 0.6) is 0 Å². The molecule has 0 saturated carbocycles. The highest BCUT2D eigenvalue weighted by molar-refractivity contribution is 7.71. The fourth-order valence-corrected chi connectivity index (χ4v) is 3.66. The Kier molecular flexibility index (Phi) is 2.53. The molecule has 1 aromatic rings. The van der Waals surface area contributed by atoms with Crippen LogP contribution in [-0.4, -0.2) is 28.8 Å². The van der Waals surface area contributed by atoms with Gasteiger partial charge < -0.3 is 14.5 Å². The molecule has 1 aromatic heterocycles. The van der Waals surface area contributed by atoms with Crippen LogP contribution >= 0.6 is 12.2 Å². The topological polar surface area (TPSA) is 47.1 Å². The molecule has 4 nitrogen and oxygen atoms in total. The zero-order valence-electron chi connectivity index (χ0n) is 10.1. The van der Waals surface area contributed by atoms with E-state index >= 15 is 0 Å². The number of nitrogens with zero attached hydrogens (tertiary/aromatic N) is 1. The molecule has 2 fully saturated rings. The van der Waals surface area contributed by atoms with Gasteiger partial charge >= 0.3 is 0 Å². The Bertz CT molecular complexity index is 542. The third kappa shape index (κ3) is 1.65. The van der Waals surface area contributed by atoms with E-state index in [0.29, 0.717) is 29.4 Å². The first-order valence-corrected chi connectivity index (χ1v) is 7.07. The van der Waals surface area contributed by atoms with Crippen molar-refractivity contribution in [1.82, 2.24) is 9.97 Å². The normalized spacial score (nSPS) is 33.7. The van der Waals surface area contributed by atoms with Gasteiger partial charge in [0, 0.05) is 23.6 Å². The summed E-state index contributed by atoms with van der Waals surface area (Å²) < 4.78 is 12.1. The molecular weight excluding hydrogens is 248 g/mol. The molecule has 4 rings (SSSR count). The van der Waals surface area contributed by atoms with Crippen molar-refractivity contribution in [2.24, 2.45) is 0 Å². The predicted octanol–water partition coefficient (Wildman–Crippen LogP) is 2.25. The van der Waals surface area contributed by atoms with E-state index in [1.54, 1.807) is 0 Å². The van der Waals surface area contributed by atoms with Gasteiger partial charge in [-0.2, -0.15) is 0 Å². The summed E-state index contributed by atoms with van der Waals surface area (Å²) in [6, 6.07) is 0. The molecule has 5 heteroatoms. The van der Waals surface area contributed by atoms with Crippen LogP contribution in [0.15, 0.2) is 0 Å². The van der Waals surface area contributed by atoms with Crippen molar-refractivity contribution in [3.63, 3.8) is 0 Å². The number of rotatable bonds is 1. The molecule has 2 saturated heterocycles. The first kappa shape index (κ1) is 11.1. The van der Waals surface area contributed by atoms with E-state index in [2.05, 4.69) is 9.97 Å². The van der Waals surface area contributed by atoms with Crippen LogP contribution in [0.3, 0.4) is 0 Å². The van der Waals surface area contributed by atoms with E-state index in [1.165, 1.54) is 12.1 Å². The zero-order chi connectivity index (χ0) is 12.1. The highest BCUT2D eigenvalue weighted by atomic mass is 32.1. The number of hydrogen-bond donors (Lipinski definition) is 1. The highest BCUT2D eigenvalue weighted by Crippen LogP contribution is 2.43. The molecule has 3 unspecified atom stereocenters. The van der Waals surface area contributed by atoms with Crippen molar-refractivity contribution in [2.75, 3.05) is 6.61 Å². The van der Waals surface area contributed by atoms with Crippen LogP contribution in [0.1, 0.15) is 42.3 Å². The number of nitrogens with one attached hydrogen (secondary N) is 1. The number of ether oxygens (including phenoxy) is 2. The Morgan fingerprint density at radius 3 is 3.06 bits per heavy atom. The second-order valence-corrected chi connectivity index (χ2v) is 5.79. The highest BCUT2D eigenvalue weighted by Gasteiger charge is 2.42. The fourth-order valence-electron chi connectivity index (χ4n) is 3.38. The SMILES string of the molecule is S=c1nc(C2CC3CCC2O3)[nH]c2c1COCC2. The summed E-state index contributed by atoms with van der Waals surface area (Å²) in [4.78, 5) is 8.08. The van der Waals surface area contributed by atoms with Crippen molar-refractivity contribution in [3.8, 4) is 0 Å². The summed E-state index contributed by atoms with van der Waals surface area (Å²) >= 11 is 5.40. The maximum Gasteiger partial charge on any atom is 0.135 e. The van der Waals surface area contributed by atoms with Crippen molar-refractivity contribution < 1.29 is 9.47 Å². The van der Waals surface area contributed by atoms with E-state index in [0.717, 1.165) is 37.3 Å². The molecule has 0 amide bonds. The molecule has 1 N–H and O–H groups in total. The fraction of sp³-hybridized carbons (Fsp3) is 0.692. The minimum atomic E-state index is 0.353. The van der Waals surface area contributed by atoms with Gasteiger partial charge in [-0.25, -0.2) is 4.98 Å². The smallest absolute Gasteiger partial charge is 0.135 e. The van der Waals surface area contributed by atoms with Gasteiger partial charge in [0.1, 0.15) is 10.5 Å². The van der Waals surface area contributed by atoms with Crippen molar-refractivity contribution in [1.29, 1.82) is 0 Å². The van der Waals surface area contributed by atoms with Gasteiger partial charge in [0.15, 0.2) is 0 Å². The van der Waals surface area contributed by atoms with Gasteiger partial charge in [-0.3, -0.25) is 0 Å². The lowest BCUT2D eigenvalue weighted by atomic mass is 9.88. The van der Waals surface area contributed by atoms with E-state index < -0.39 is 0 Å².